The van der Waals surface area contributed by atoms with E-state index >= 15 is 0 Å². The largest absolute Gasteiger partial charge is 0.480 e. The number of ketones is 2. The van der Waals surface area contributed by atoms with Gasteiger partial charge in [-0.2, -0.15) is 0 Å². The van der Waals surface area contributed by atoms with Crippen LogP contribution in [0, 0.1) is 10.8 Å². The summed E-state index contributed by atoms with van der Waals surface area (Å²) in [5.74, 6) is -4.68. The van der Waals surface area contributed by atoms with Gasteiger partial charge < -0.3 is 52.4 Å². The first kappa shape index (κ1) is 64.9. The minimum Gasteiger partial charge on any atom is -0.480 e. The van der Waals surface area contributed by atoms with E-state index in [2.05, 4.69) is 21.3 Å². The molecule has 0 saturated heterocycles. The maximum Gasteiger partial charge on any atom is 0.326 e. The highest BCUT2D eigenvalue weighted by atomic mass is 16.6. The van der Waals surface area contributed by atoms with Gasteiger partial charge in [-0.15, -0.1) is 0 Å². The van der Waals surface area contributed by atoms with Gasteiger partial charge in [0.15, 0.2) is 23.8 Å². The minimum atomic E-state index is -1.20. The lowest BCUT2D eigenvalue weighted by Crippen LogP contribution is -2.48. The molecule has 0 saturated carbocycles. The summed E-state index contributed by atoms with van der Waals surface area (Å²) < 4.78 is 11.0. The average molecular weight is 1060 g/mol. The molecule has 0 aromatic heterocycles. The number of urea groups is 2. The van der Waals surface area contributed by atoms with Crippen molar-refractivity contribution in [3.8, 4) is 0 Å². The van der Waals surface area contributed by atoms with Gasteiger partial charge in [0.1, 0.15) is 25.2 Å². The molecule has 0 spiro atoms. The molecule has 0 aromatic carbocycles. The van der Waals surface area contributed by atoms with Gasteiger partial charge in [0, 0.05) is 12.8 Å². The number of nitrogens with one attached hydrogen (secondary N) is 4. The van der Waals surface area contributed by atoms with Gasteiger partial charge in [-0.25, -0.2) is 19.2 Å². The number of carbonyl (C=O) groups excluding carboxylic acids is 6. The first-order valence-corrected chi connectivity index (χ1v) is 25.6. The molecular weight excluding hydrogens is 973 g/mol. The fourth-order valence-electron chi connectivity index (χ4n) is 8.38. The number of carbonyl (C=O) groups is 8. The van der Waals surface area contributed by atoms with Crippen LogP contribution in [0.1, 0.15) is 121 Å². The summed E-state index contributed by atoms with van der Waals surface area (Å²) in [7, 11) is 0. The van der Waals surface area contributed by atoms with E-state index < -0.39 is 84.2 Å². The van der Waals surface area contributed by atoms with Gasteiger partial charge >= 0.3 is 35.9 Å². The number of carboxylic acids is 2. The topological polar surface area (TPSA) is 296 Å². The molecule has 4 amide bonds. The van der Waals surface area contributed by atoms with E-state index in [1.807, 2.05) is 140 Å². The predicted octanol–water partition coefficient (Wildman–Crippen LogP) is 7.77. The van der Waals surface area contributed by atoms with Gasteiger partial charge in [0.2, 0.25) is 0 Å². The number of ether oxygens (including phenoxy) is 2. The lowest BCUT2D eigenvalue weighted by atomic mass is 9.71. The highest BCUT2D eigenvalue weighted by Gasteiger charge is 2.41. The number of amides is 4. The van der Waals surface area contributed by atoms with E-state index in [0.717, 1.165) is 33.4 Å². The molecule has 416 valence electrons. The second-order valence-corrected chi connectivity index (χ2v) is 20.4. The van der Waals surface area contributed by atoms with E-state index in [1.165, 1.54) is 0 Å². The highest BCUT2D eigenvalue weighted by Crippen LogP contribution is 2.42. The zero-order valence-electron chi connectivity index (χ0n) is 46.0. The van der Waals surface area contributed by atoms with E-state index in [4.69, 9.17) is 20.9 Å². The molecule has 0 heterocycles. The number of carboxylic acid groups (broad SMARTS) is 2. The van der Waals surface area contributed by atoms with Crippen molar-refractivity contribution in [2.75, 3.05) is 26.2 Å². The van der Waals surface area contributed by atoms with Gasteiger partial charge in [0.25, 0.3) is 0 Å². The quantitative estimate of drug-likeness (QED) is 0.0211. The Balaban J connectivity index is 1.93. The van der Waals surface area contributed by atoms with Gasteiger partial charge in [-0.05, 0) is 126 Å². The Morgan fingerprint density at radius 2 is 0.895 bits per heavy atom. The summed E-state index contributed by atoms with van der Waals surface area (Å²) in [6, 6.07) is -3.93. The SMILES string of the molecule is CC(C=CC=C(C)C=CC1=C(C)C(=O)C(OC(=O)CNC(=O)NC(CCCCN)C(=O)O)CC1(C)C)=CC=CC=C(C)C=CC=C(C)C=CC1=C(C)C(=O)C(OC(=O)CNC(=O)NC(CCCCN)C(=O)O)CC1(C)C. The Morgan fingerprint density at radius 1 is 0.566 bits per heavy atom. The number of allylic oxidation sites excluding steroid dienone is 20. The Hall–Kier alpha value is -7.18. The third-order valence-electron chi connectivity index (χ3n) is 12.7. The van der Waals surface area contributed by atoms with Crippen LogP contribution in [0.4, 0.5) is 9.59 Å². The van der Waals surface area contributed by atoms with E-state index in [-0.39, 0.29) is 37.2 Å². The average Bonchev–Trinajstić information content (AvgIpc) is 3.33. The molecule has 0 aromatic rings. The highest BCUT2D eigenvalue weighted by molar-refractivity contribution is 6.02. The van der Waals surface area contributed by atoms with Crippen LogP contribution in [0.15, 0.2) is 130 Å². The Labute approximate surface area is 448 Å². The van der Waals surface area contributed by atoms with Crippen molar-refractivity contribution in [2.24, 2.45) is 22.3 Å². The summed E-state index contributed by atoms with van der Waals surface area (Å²) in [6.07, 6.45) is 28.4. The van der Waals surface area contributed by atoms with Crippen molar-refractivity contribution >= 4 is 47.5 Å². The first-order valence-electron chi connectivity index (χ1n) is 25.6. The van der Waals surface area contributed by atoms with E-state index in [0.29, 0.717) is 49.9 Å². The minimum absolute atomic E-state index is 0.192. The van der Waals surface area contributed by atoms with Crippen LogP contribution in [0.5, 0.6) is 0 Å². The summed E-state index contributed by atoms with van der Waals surface area (Å²) in [5, 5.41) is 28.0. The summed E-state index contributed by atoms with van der Waals surface area (Å²) in [6.45, 7) is 18.9. The molecule has 76 heavy (non-hydrogen) atoms. The molecule has 10 N–H and O–H groups in total. The Morgan fingerprint density at radius 3 is 1.22 bits per heavy atom. The maximum absolute atomic E-state index is 13.3. The number of Topliss-reactive ketones (excluding diaryl/α,β-unsaturated/α-hetero) is 2. The maximum atomic E-state index is 13.3. The lowest BCUT2D eigenvalue weighted by molar-refractivity contribution is -0.155. The van der Waals surface area contributed by atoms with Crippen molar-refractivity contribution in [2.45, 2.75) is 145 Å². The second-order valence-electron chi connectivity index (χ2n) is 20.4. The summed E-state index contributed by atoms with van der Waals surface area (Å²) >= 11 is 0. The van der Waals surface area contributed by atoms with E-state index in [9.17, 15) is 48.6 Å². The fourth-order valence-corrected chi connectivity index (χ4v) is 8.38. The predicted molar refractivity (Wildman–Crippen MR) is 294 cm³/mol. The number of hydrogen-bond acceptors (Lipinski definition) is 12. The number of unbranched alkanes of at least 4 members (excludes halogenated alkanes) is 2. The molecule has 0 bridgehead atoms. The molecule has 0 radical (unpaired) electrons. The summed E-state index contributed by atoms with van der Waals surface area (Å²) in [5.41, 5.74) is 16.4. The molecule has 18 heteroatoms. The van der Waals surface area contributed by atoms with Crippen molar-refractivity contribution < 1.29 is 58.0 Å². The molecule has 0 fully saturated rings. The van der Waals surface area contributed by atoms with Crippen LogP contribution in [-0.4, -0.2) is 108 Å². The number of aliphatic carboxylic acids is 2. The number of esters is 2. The van der Waals surface area contributed by atoms with Crippen LogP contribution in [0.25, 0.3) is 0 Å². The Kier molecular flexibility index (Phi) is 27.6. The molecule has 4 atom stereocenters. The van der Waals surface area contributed by atoms with Gasteiger partial charge in [0.05, 0.1) is 0 Å². The normalized spacial score (nSPS) is 19.5. The van der Waals surface area contributed by atoms with Crippen molar-refractivity contribution in [1.82, 2.24) is 21.3 Å². The smallest absolute Gasteiger partial charge is 0.326 e. The van der Waals surface area contributed by atoms with E-state index in [1.54, 1.807) is 13.8 Å². The molecule has 2 rings (SSSR count). The van der Waals surface area contributed by atoms with Crippen LogP contribution in [-0.2, 0) is 38.2 Å². The molecule has 18 nitrogen and oxygen atoms in total. The fraction of sp³-hybridized carbons (Fsp3) is 0.483. The van der Waals surface area contributed by atoms with Crippen LogP contribution >= 0.6 is 0 Å². The molecule has 0 aliphatic heterocycles. The molecule has 4 unspecified atom stereocenters. The molecule has 2 aliphatic carbocycles. The number of nitrogens with two attached hydrogens (primary N) is 2. The van der Waals surface area contributed by atoms with Crippen LogP contribution in [0.3, 0.4) is 0 Å². The first-order chi connectivity index (χ1) is 35.7. The molecular formula is C58H82N6O12. The van der Waals surface area contributed by atoms with Crippen molar-refractivity contribution in [3.63, 3.8) is 0 Å². The standard InChI is InChI=1S/C58H82N6O12/c1-37(21-17-23-39(3)27-29-43-41(5)51(67)47(33-57(43,7)8)75-49(65)35-61-55(73)63-45(53(69)70)25-13-15-31-59)19-11-12-20-38(2)22-18-24-40(4)28-30-44-42(6)52(68)48(34-58(44,9)10)76-50(66)36-62-56(74)64-46(54(71)72)26-14-16-32-60/h11-12,17-24,27-30,45-48H,13-16,25-26,31-36,59-60H2,1-10H3,(H,69,70)(H,71,72)(H2,61,63,73)(H2,62,64,74). The van der Waals surface area contributed by atoms with Gasteiger partial charge in [-0.1, -0.05) is 135 Å². The molecule has 2 aliphatic rings. The lowest BCUT2D eigenvalue weighted by Gasteiger charge is -2.36. The zero-order chi connectivity index (χ0) is 57.2. The third-order valence-corrected chi connectivity index (χ3v) is 12.7. The number of hydrogen-bond donors (Lipinski definition) is 8. The second kappa shape index (κ2) is 32.3. The van der Waals surface area contributed by atoms with Crippen LogP contribution in [0.2, 0.25) is 0 Å². The van der Waals surface area contributed by atoms with Gasteiger partial charge in [-0.3, -0.25) is 19.2 Å². The van der Waals surface area contributed by atoms with Crippen molar-refractivity contribution in [1.29, 1.82) is 0 Å². The van der Waals surface area contributed by atoms with Crippen LogP contribution < -0.4 is 32.7 Å². The monoisotopic (exact) mass is 1050 g/mol. The Bertz CT molecular complexity index is 2310. The zero-order valence-corrected chi connectivity index (χ0v) is 46.0. The third kappa shape index (κ3) is 23.2. The van der Waals surface area contributed by atoms with Crippen molar-refractivity contribution in [3.05, 3.63) is 130 Å². The summed E-state index contributed by atoms with van der Waals surface area (Å²) in [4.78, 5) is 99.4. The number of rotatable bonds is 28.